The average molecular weight is 238 g/mol. The van der Waals surface area contributed by atoms with Crippen LogP contribution in [0.3, 0.4) is 0 Å². The fraction of sp³-hybridized carbons (Fsp3) is 0.727. The number of aryl methyl sites for hydroxylation is 1. The van der Waals surface area contributed by atoms with Crippen LogP contribution >= 0.6 is 0 Å². The zero-order valence-electron chi connectivity index (χ0n) is 9.80. The minimum absolute atomic E-state index is 0.0180. The van der Waals surface area contributed by atoms with Crippen LogP contribution in [0.2, 0.25) is 0 Å². The summed E-state index contributed by atoms with van der Waals surface area (Å²) in [5, 5.41) is 19.4. The van der Waals surface area contributed by atoms with Crippen molar-refractivity contribution in [3.05, 3.63) is 11.9 Å². The first kappa shape index (κ1) is 12.0. The van der Waals surface area contributed by atoms with Gasteiger partial charge in [0.2, 0.25) is 5.91 Å². The Bertz CT molecular complexity index is 373. The molecule has 0 bridgehead atoms. The van der Waals surface area contributed by atoms with Crippen LogP contribution in [0, 0.1) is 5.92 Å². The number of carbonyl (C=O) groups is 1. The molecular weight excluding hydrogens is 220 g/mol. The second-order valence-electron chi connectivity index (χ2n) is 4.48. The Hall–Kier alpha value is -1.43. The van der Waals surface area contributed by atoms with Crippen LogP contribution in [-0.4, -0.2) is 39.2 Å². The van der Waals surface area contributed by atoms with Crippen molar-refractivity contribution in [3.63, 3.8) is 0 Å². The lowest BCUT2D eigenvalue weighted by atomic mass is 10.3. The van der Waals surface area contributed by atoms with E-state index in [2.05, 4.69) is 15.6 Å². The first-order valence-electron chi connectivity index (χ1n) is 6.04. The molecule has 17 heavy (non-hydrogen) atoms. The number of carbonyl (C=O) groups excluding carboxylic acids is 1. The summed E-state index contributed by atoms with van der Waals surface area (Å²) >= 11 is 0. The highest BCUT2D eigenvalue weighted by atomic mass is 16.2. The molecular formula is C11H18N4O2. The quantitative estimate of drug-likeness (QED) is 0.685. The van der Waals surface area contributed by atoms with E-state index in [-0.39, 0.29) is 19.1 Å². The van der Waals surface area contributed by atoms with Gasteiger partial charge in [0.15, 0.2) is 0 Å². The first-order valence-corrected chi connectivity index (χ1v) is 6.04. The smallest absolute Gasteiger partial charge is 0.241 e. The van der Waals surface area contributed by atoms with Gasteiger partial charge in [0.1, 0.15) is 6.54 Å². The van der Waals surface area contributed by atoms with E-state index in [0.29, 0.717) is 18.8 Å². The molecule has 1 saturated carbocycles. The third-order valence-electron chi connectivity index (χ3n) is 2.77. The molecule has 1 aromatic heterocycles. The molecule has 0 aliphatic heterocycles. The zero-order valence-corrected chi connectivity index (χ0v) is 9.80. The van der Waals surface area contributed by atoms with Crippen LogP contribution in [0.1, 0.15) is 25.0 Å². The van der Waals surface area contributed by atoms with E-state index in [1.54, 1.807) is 6.20 Å². The lowest BCUT2D eigenvalue weighted by molar-refractivity contribution is -0.121. The van der Waals surface area contributed by atoms with Crippen molar-refractivity contribution in [3.8, 4) is 0 Å². The Balaban J connectivity index is 1.72. The van der Waals surface area contributed by atoms with E-state index in [1.165, 1.54) is 17.5 Å². The van der Waals surface area contributed by atoms with E-state index < -0.39 is 0 Å². The molecule has 1 aliphatic rings. The fourth-order valence-electron chi connectivity index (χ4n) is 1.57. The molecule has 1 aromatic rings. The van der Waals surface area contributed by atoms with E-state index in [4.69, 9.17) is 5.11 Å². The molecule has 1 fully saturated rings. The number of aliphatic hydroxyl groups is 1. The summed E-state index contributed by atoms with van der Waals surface area (Å²) in [5.74, 6) is 0.672. The SMILES string of the molecule is O=C(Cn1cc(CCCO)nn1)NCC1CC1. The minimum atomic E-state index is -0.0180. The summed E-state index contributed by atoms with van der Waals surface area (Å²) in [7, 11) is 0. The monoisotopic (exact) mass is 238 g/mol. The number of amides is 1. The fourth-order valence-corrected chi connectivity index (χ4v) is 1.57. The van der Waals surface area contributed by atoms with Crippen molar-refractivity contribution in [1.29, 1.82) is 0 Å². The van der Waals surface area contributed by atoms with E-state index >= 15 is 0 Å². The van der Waals surface area contributed by atoms with Gasteiger partial charge in [-0.3, -0.25) is 4.79 Å². The molecule has 0 aromatic carbocycles. The van der Waals surface area contributed by atoms with Gasteiger partial charge in [0.25, 0.3) is 0 Å². The maximum Gasteiger partial charge on any atom is 0.241 e. The van der Waals surface area contributed by atoms with Gasteiger partial charge in [0.05, 0.1) is 5.69 Å². The Labute approximate surface area is 100 Å². The van der Waals surface area contributed by atoms with E-state index in [0.717, 1.165) is 12.2 Å². The van der Waals surface area contributed by atoms with Gasteiger partial charge in [-0.1, -0.05) is 5.21 Å². The number of hydrogen-bond donors (Lipinski definition) is 2. The third-order valence-corrected chi connectivity index (χ3v) is 2.77. The highest BCUT2D eigenvalue weighted by molar-refractivity contribution is 5.75. The van der Waals surface area contributed by atoms with Gasteiger partial charge in [-0.15, -0.1) is 5.10 Å². The van der Waals surface area contributed by atoms with Crippen LogP contribution in [0.15, 0.2) is 6.20 Å². The van der Waals surface area contributed by atoms with Gasteiger partial charge >= 0.3 is 0 Å². The molecule has 94 valence electrons. The maximum absolute atomic E-state index is 11.5. The summed E-state index contributed by atoms with van der Waals surface area (Å²) in [5.41, 5.74) is 0.814. The molecule has 6 heteroatoms. The number of nitrogens with zero attached hydrogens (tertiary/aromatic N) is 3. The number of nitrogens with one attached hydrogen (secondary N) is 1. The molecule has 2 N–H and O–H groups in total. The van der Waals surface area contributed by atoms with Crippen LogP contribution < -0.4 is 5.32 Å². The Kier molecular flexibility index (Phi) is 4.08. The molecule has 0 spiro atoms. The molecule has 0 saturated heterocycles. The summed E-state index contributed by atoms with van der Waals surface area (Å²) in [6.45, 7) is 1.15. The average Bonchev–Trinajstić information content (AvgIpc) is 3.05. The number of rotatable bonds is 7. The van der Waals surface area contributed by atoms with Crippen LogP contribution in [0.5, 0.6) is 0 Å². The molecule has 0 radical (unpaired) electrons. The van der Waals surface area contributed by atoms with E-state index in [9.17, 15) is 4.79 Å². The third kappa shape index (κ3) is 4.14. The second-order valence-corrected chi connectivity index (χ2v) is 4.48. The van der Waals surface area contributed by atoms with Gasteiger partial charge in [0, 0.05) is 19.3 Å². The zero-order chi connectivity index (χ0) is 12.1. The second kappa shape index (κ2) is 5.77. The molecule has 2 rings (SSSR count). The van der Waals surface area contributed by atoms with Crippen molar-refractivity contribution in [2.24, 2.45) is 5.92 Å². The van der Waals surface area contributed by atoms with Gasteiger partial charge in [-0.05, 0) is 31.6 Å². The predicted octanol–water partition coefficient (Wildman–Crippen LogP) is -0.271. The first-order chi connectivity index (χ1) is 8.28. The minimum Gasteiger partial charge on any atom is -0.396 e. The normalized spacial score (nSPS) is 14.9. The van der Waals surface area contributed by atoms with Crippen molar-refractivity contribution in [2.45, 2.75) is 32.2 Å². The van der Waals surface area contributed by atoms with Gasteiger partial charge in [-0.25, -0.2) is 4.68 Å². The summed E-state index contributed by atoms with van der Waals surface area (Å²) in [6.07, 6.45) is 5.59. The lowest BCUT2D eigenvalue weighted by Crippen LogP contribution is -2.29. The van der Waals surface area contributed by atoms with E-state index in [1.807, 2.05) is 0 Å². The van der Waals surface area contributed by atoms with Gasteiger partial charge < -0.3 is 10.4 Å². The Morgan fingerprint density at radius 2 is 2.41 bits per heavy atom. The summed E-state index contributed by atoms with van der Waals surface area (Å²) in [4.78, 5) is 11.5. The number of hydrogen-bond acceptors (Lipinski definition) is 4. The van der Waals surface area contributed by atoms with Crippen molar-refractivity contribution < 1.29 is 9.90 Å². The lowest BCUT2D eigenvalue weighted by Gasteiger charge is -2.02. The largest absolute Gasteiger partial charge is 0.396 e. The molecule has 0 atom stereocenters. The van der Waals surface area contributed by atoms with Crippen molar-refractivity contribution in [1.82, 2.24) is 20.3 Å². The Morgan fingerprint density at radius 3 is 3.12 bits per heavy atom. The van der Waals surface area contributed by atoms with Crippen LogP contribution in [0.4, 0.5) is 0 Å². The van der Waals surface area contributed by atoms with Gasteiger partial charge in [-0.2, -0.15) is 0 Å². The standard InChI is InChI=1S/C11H18N4O2/c16-5-1-2-10-7-15(14-13-10)8-11(17)12-6-9-3-4-9/h7,9,16H,1-6,8H2,(H,12,17). The molecule has 1 heterocycles. The van der Waals surface area contributed by atoms with Crippen LogP contribution in [0.25, 0.3) is 0 Å². The number of aromatic nitrogens is 3. The highest BCUT2D eigenvalue weighted by Crippen LogP contribution is 2.27. The Morgan fingerprint density at radius 1 is 1.59 bits per heavy atom. The molecule has 1 amide bonds. The maximum atomic E-state index is 11.5. The number of aliphatic hydroxyl groups excluding tert-OH is 1. The molecule has 6 nitrogen and oxygen atoms in total. The highest BCUT2D eigenvalue weighted by Gasteiger charge is 2.21. The van der Waals surface area contributed by atoms with Crippen molar-refractivity contribution >= 4 is 5.91 Å². The predicted molar refractivity (Wildman–Crippen MR) is 61.2 cm³/mol. The molecule has 1 aliphatic carbocycles. The topological polar surface area (TPSA) is 80.0 Å². The summed E-state index contributed by atoms with van der Waals surface area (Å²) < 4.78 is 1.54. The van der Waals surface area contributed by atoms with Crippen LogP contribution in [-0.2, 0) is 17.8 Å². The summed E-state index contributed by atoms with van der Waals surface area (Å²) in [6, 6.07) is 0. The molecule has 0 unspecified atom stereocenters. The van der Waals surface area contributed by atoms with Crippen molar-refractivity contribution in [2.75, 3.05) is 13.2 Å².